The highest BCUT2D eigenvalue weighted by molar-refractivity contribution is 5.90. The highest BCUT2D eigenvalue weighted by Crippen LogP contribution is 2.28. The topological polar surface area (TPSA) is 100 Å². The highest BCUT2D eigenvalue weighted by Gasteiger charge is 2.42. The van der Waals surface area contributed by atoms with Crippen molar-refractivity contribution >= 4 is 11.8 Å². The number of β-amino-alcohol motifs (C(OH)–C–C–N with tert-alkyl or cyclic N) is 1. The van der Waals surface area contributed by atoms with Crippen molar-refractivity contribution in [3.05, 3.63) is 71.8 Å². The number of nitrogens with one attached hydrogen (secondary N) is 1. The standard InChI is InChI=1S/C29H36FN5O3/c1-18(2)26(35-17-25(32-33-35)29(3,4)5)28(38)34-16-21(36)14-24(34)27(37)31-15-19-10-12-20(13-11-19)22-8-6-7-9-23(22)30/h6-13,17-18,21,24,26,36H,14-16H2,1-5H3,(H,31,37)/t21-,24+,26+/m1/s1. The lowest BCUT2D eigenvalue weighted by molar-refractivity contribution is -0.142. The molecule has 4 rings (SSSR count). The molecule has 0 bridgehead atoms. The number of nitrogens with zero attached hydrogens (tertiary/aromatic N) is 4. The number of aliphatic hydroxyl groups excluding tert-OH is 1. The molecular weight excluding hydrogens is 485 g/mol. The quantitative estimate of drug-likeness (QED) is 0.492. The van der Waals surface area contributed by atoms with E-state index >= 15 is 0 Å². The van der Waals surface area contributed by atoms with Crippen LogP contribution in [0, 0.1) is 11.7 Å². The van der Waals surface area contributed by atoms with Crippen LogP contribution in [0.1, 0.15) is 58.3 Å². The SMILES string of the molecule is CC(C)[C@@H](C(=O)N1C[C@H](O)C[C@H]1C(=O)NCc1ccc(-c2ccccc2F)cc1)n1cc(C(C)(C)C)nn1. The Labute approximate surface area is 222 Å². The maximum Gasteiger partial charge on any atom is 0.248 e. The van der Waals surface area contributed by atoms with Crippen molar-refractivity contribution in [1.29, 1.82) is 0 Å². The van der Waals surface area contributed by atoms with Gasteiger partial charge in [0, 0.05) is 36.7 Å². The molecule has 2 amide bonds. The van der Waals surface area contributed by atoms with Crippen LogP contribution in [-0.2, 0) is 21.5 Å². The van der Waals surface area contributed by atoms with E-state index in [2.05, 4.69) is 15.6 Å². The number of carbonyl (C=O) groups excluding carboxylic acids is 2. The molecule has 0 saturated carbocycles. The van der Waals surface area contributed by atoms with Crippen molar-refractivity contribution in [2.75, 3.05) is 6.54 Å². The molecule has 2 heterocycles. The van der Waals surface area contributed by atoms with Crippen LogP contribution in [0.15, 0.2) is 54.7 Å². The van der Waals surface area contributed by atoms with E-state index in [0.29, 0.717) is 5.56 Å². The Morgan fingerprint density at radius 3 is 2.42 bits per heavy atom. The fourth-order valence-electron chi connectivity index (χ4n) is 4.74. The Bertz CT molecular complexity index is 1280. The molecule has 1 saturated heterocycles. The number of amides is 2. The fourth-order valence-corrected chi connectivity index (χ4v) is 4.74. The summed E-state index contributed by atoms with van der Waals surface area (Å²) in [7, 11) is 0. The van der Waals surface area contributed by atoms with Crippen LogP contribution >= 0.6 is 0 Å². The molecule has 3 aromatic rings. The molecule has 2 aromatic carbocycles. The molecule has 1 aliphatic rings. The summed E-state index contributed by atoms with van der Waals surface area (Å²) in [5.74, 6) is -0.995. The lowest BCUT2D eigenvalue weighted by Gasteiger charge is -2.29. The maximum absolute atomic E-state index is 14.1. The van der Waals surface area contributed by atoms with E-state index in [4.69, 9.17) is 0 Å². The molecule has 0 radical (unpaired) electrons. The van der Waals surface area contributed by atoms with Crippen LogP contribution in [0.3, 0.4) is 0 Å². The van der Waals surface area contributed by atoms with E-state index in [1.54, 1.807) is 29.1 Å². The van der Waals surface area contributed by atoms with Crippen LogP contribution < -0.4 is 5.32 Å². The van der Waals surface area contributed by atoms with Crippen molar-refractivity contribution in [3.63, 3.8) is 0 Å². The van der Waals surface area contributed by atoms with Gasteiger partial charge in [0.25, 0.3) is 0 Å². The summed E-state index contributed by atoms with van der Waals surface area (Å²) in [6, 6.07) is 12.4. The van der Waals surface area contributed by atoms with Crippen LogP contribution in [0.5, 0.6) is 0 Å². The summed E-state index contributed by atoms with van der Waals surface area (Å²) in [4.78, 5) is 28.3. The first-order valence-corrected chi connectivity index (χ1v) is 13.0. The number of carbonyl (C=O) groups is 2. The Morgan fingerprint density at radius 1 is 1.13 bits per heavy atom. The number of rotatable bonds is 7. The van der Waals surface area contributed by atoms with Gasteiger partial charge in [-0.1, -0.05) is 82.3 Å². The predicted octanol–water partition coefficient (Wildman–Crippen LogP) is 3.86. The molecule has 1 aliphatic heterocycles. The average molecular weight is 522 g/mol. The van der Waals surface area contributed by atoms with E-state index in [1.807, 2.05) is 58.9 Å². The number of hydrogen-bond acceptors (Lipinski definition) is 5. The molecule has 0 aliphatic carbocycles. The average Bonchev–Trinajstić information content (AvgIpc) is 3.50. The minimum Gasteiger partial charge on any atom is -0.391 e. The highest BCUT2D eigenvalue weighted by atomic mass is 19.1. The molecule has 38 heavy (non-hydrogen) atoms. The summed E-state index contributed by atoms with van der Waals surface area (Å²) < 4.78 is 15.7. The van der Waals surface area contributed by atoms with Gasteiger partial charge in [0.05, 0.1) is 11.8 Å². The van der Waals surface area contributed by atoms with Crippen LogP contribution in [0.4, 0.5) is 4.39 Å². The van der Waals surface area contributed by atoms with Gasteiger partial charge in [0.15, 0.2) is 0 Å². The van der Waals surface area contributed by atoms with Gasteiger partial charge >= 0.3 is 0 Å². The zero-order valence-electron chi connectivity index (χ0n) is 22.6. The Hall–Kier alpha value is -3.59. The number of hydrogen-bond donors (Lipinski definition) is 2. The van der Waals surface area contributed by atoms with Crippen molar-refractivity contribution in [1.82, 2.24) is 25.2 Å². The number of halogens is 1. The summed E-state index contributed by atoms with van der Waals surface area (Å²) in [6.07, 6.45) is 1.16. The molecular formula is C29H36FN5O3. The minimum absolute atomic E-state index is 0.0816. The first kappa shape index (κ1) is 27.4. The Kier molecular flexibility index (Phi) is 7.97. The molecule has 1 fully saturated rings. The number of aromatic nitrogens is 3. The first-order chi connectivity index (χ1) is 18.0. The maximum atomic E-state index is 14.1. The third kappa shape index (κ3) is 5.93. The molecule has 9 heteroatoms. The second kappa shape index (κ2) is 11.0. The smallest absolute Gasteiger partial charge is 0.248 e. The van der Waals surface area contributed by atoms with E-state index in [-0.39, 0.29) is 48.5 Å². The van der Waals surface area contributed by atoms with Gasteiger partial charge in [0.1, 0.15) is 17.9 Å². The fraction of sp³-hybridized carbons (Fsp3) is 0.448. The lowest BCUT2D eigenvalue weighted by Crippen LogP contribution is -2.49. The van der Waals surface area contributed by atoms with Crippen molar-refractivity contribution in [2.45, 2.75) is 71.2 Å². The lowest BCUT2D eigenvalue weighted by atomic mass is 9.93. The van der Waals surface area contributed by atoms with Gasteiger partial charge in [-0.3, -0.25) is 9.59 Å². The summed E-state index contributed by atoms with van der Waals surface area (Å²) in [5.41, 5.74) is 2.65. The van der Waals surface area contributed by atoms with Gasteiger partial charge in [-0.15, -0.1) is 5.10 Å². The zero-order valence-corrected chi connectivity index (χ0v) is 22.6. The van der Waals surface area contributed by atoms with Gasteiger partial charge in [-0.05, 0) is 23.1 Å². The second-order valence-corrected chi connectivity index (χ2v) is 11.3. The zero-order chi connectivity index (χ0) is 27.6. The third-order valence-electron chi connectivity index (χ3n) is 6.92. The predicted molar refractivity (Wildman–Crippen MR) is 142 cm³/mol. The van der Waals surface area contributed by atoms with Gasteiger partial charge < -0.3 is 15.3 Å². The van der Waals surface area contributed by atoms with E-state index < -0.39 is 18.2 Å². The van der Waals surface area contributed by atoms with Crippen molar-refractivity contribution in [3.8, 4) is 11.1 Å². The summed E-state index contributed by atoms with van der Waals surface area (Å²) >= 11 is 0. The first-order valence-electron chi connectivity index (χ1n) is 13.0. The van der Waals surface area contributed by atoms with Crippen molar-refractivity contribution in [2.24, 2.45) is 5.92 Å². The monoisotopic (exact) mass is 521 g/mol. The summed E-state index contributed by atoms with van der Waals surface area (Å²) in [6.45, 7) is 10.3. The van der Waals surface area contributed by atoms with Crippen LogP contribution in [-0.4, -0.2) is 55.5 Å². The van der Waals surface area contributed by atoms with Crippen molar-refractivity contribution < 1.29 is 19.1 Å². The van der Waals surface area contributed by atoms with E-state index in [1.165, 1.54) is 11.0 Å². The van der Waals surface area contributed by atoms with Crippen LogP contribution in [0.25, 0.3) is 11.1 Å². The molecule has 202 valence electrons. The molecule has 0 unspecified atom stereocenters. The Balaban J connectivity index is 1.45. The number of likely N-dealkylation sites (tertiary alicyclic amines) is 1. The largest absolute Gasteiger partial charge is 0.391 e. The van der Waals surface area contributed by atoms with E-state index in [9.17, 15) is 19.1 Å². The molecule has 1 aromatic heterocycles. The molecule has 8 nitrogen and oxygen atoms in total. The van der Waals surface area contributed by atoms with Crippen LogP contribution in [0.2, 0.25) is 0 Å². The molecule has 0 spiro atoms. The van der Waals surface area contributed by atoms with Gasteiger partial charge in [-0.2, -0.15) is 0 Å². The normalized spacial score (nSPS) is 18.6. The Morgan fingerprint density at radius 2 is 1.82 bits per heavy atom. The number of aliphatic hydroxyl groups is 1. The third-order valence-corrected chi connectivity index (χ3v) is 6.92. The van der Waals surface area contributed by atoms with Gasteiger partial charge in [0.2, 0.25) is 11.8 Å². The minimum atomic E-state index is -0.790. The summed E-state index contributed by atoms with van der Waals surface area (Å²) in [5, 5.41) is 21.8. The molecule has 2 N–H and O–H groups in total. The molecule has 3 atom stereocenters. The van der Waals surface area contributed by atoms with Gasteiger partial charge in [-0.25, -0.2) is 9.07 Å². The number of benzene rings is 2. The second-order valence-electron chi connectivity index (χ2n) is 11.3. The van der Waals surface area contributed by atoms with E-state index in [0.717, 1.165) is 16.8 Å².